The molecule has 3 aromatic rings. The highest BCUT2D eigenvalue weighted by Crippen LogP contribution is 2.39. The van der Waals surface area contributed by atoms with Gasteiger partial charge in [0.05, 0.1) is 16.9 Å². The fraction of sp³-hybridized carbons (Fsp3) is 0.345. The second-order valence-corrected chi connectivity index (χ2v) is 10.7. The number of hydrogen-bond donors (Lipinski definition) is 0. The number of rotatable bonds is 4. The first-order chi connectivity index (χ1) is 18.4. The van der Waals surface area contributed by atoms with Gasteiger partial charge in [-0.3, -0.25) is 14.3 Å². The molecule has 0 spiro atoms. The number of aromatic nitrogens is 1. The van der Waals surface area contributed by atoms with E-state index >= 15 is 4.39 Å². The van der Waals surface area contributed by atoms with Crippen LogP contribution >= 0.6 is 0 Å². The third kappa shape index (κ3) is 5.03. The molecule has 0 saturated heterocycles. The van der Waals surface area contributed by atoms with Crippen LogP contribution in [0.15, 0.2) is 47.3 Å². The molecule has 204 valence electrons. The van der Waals surface area contributed by atoms with E-state index in [-0.39, 0.29) is 29.6 Å². The quantitative estimate of drug-likeness (QED) is 0.377. The number of benzene rings is 2. The zero-order valence-corrected chi connectivity index (χ0v) is 21.7. The largest absolute Gasteiger partial charge is 0.443 e. The zero-order chi connectivity index (χ0) is 28.1. The fourth-order valence-electron chi connectivity index (χ4n) is 4.81. The Morgan fingerprint density at radius 3 is 2.41 bits per heavy atom. The van der Waals surface area contributed by atoms with Crippen LogP contribution in [0.5, 0.6) is 5.75 Å². The Balaban J connectivity index is 1.48. The molecule has 0 radical (unpaired) electrons. The topological polar surface area (TPSA) is 77.8 Å². The molecule has 1 fully saturated rings. The normalized spacial score (nSPS) is 15.1. The van der Waals surface area contributed by atoms with Gasteiger partial charge >= 0.3 is 12.1 Å². The maximum atomic E-state index is 15.6. The number of carbonyl (C=O) groups excluding carboxylic acids is 2. The van der Waals surface area contributed by atoms with Gasteiger partial charge in [-0.25, -0.2) is 22.8 Å². The van der Waals surface area contributed by atoms with E-state index in [0.29, 0.717) is 30.5 Å². The van der Waals surface area contributed by atoms with Crippen LogP contribution in [0.3, 0.4) is 0 Å². The first-order valence-corrected chi connectivity index (χ1v) is 12.7. The molecule has 1 aromatic heterocycles. The Bertz CT molecular complexity index is 1540. The van der Waals surface area contributed by atoms with Crippen LogP contribution in [0.1, 0.15) is 67.6 Å². The number of nitrogens with zero attached hydrogens (tertiary/aromatic N) is 2. The number of esters is 1. The van der Waals surface area contributed by atoms with Crippen LogP contribution in [0.25, 0.3) is 5.69 Å². The molecule has 0 atom stereocenters. The summed E-state index contributed by atoms with van der Waals surface area (Å²) < 4.78 is 56.0. The number of carbonyl (C=O) groups is 2. The van der Waals surface area contributed by atoms with E-state index in [1.807, 2.05) is 0 Å². The van der Waals surface area contributed by atoms with Crippen molar-refractivity contribution in [2.75, 3.05) is 11.4 Å². The lowest BCUT2D eigenvalue weighted by molar-refractivity contribution is 0.0581. The van der Waals surface area contributed by atoms with Crippen molar-refractivity contribution in [1.29, 1.82) is 0 Å². The number of fused-ring (bicyclic) bond motifs is 1. The highest BCUT2D eigenvalue weighted by atomic mass is 19.2. The number of pyridine rings is 1. The van der Waals surface area contributed by atoms with Gasteiger partial charge in [0.1, 0.15) is 11.4 Å². The van der Waals surface area contributed by atoms with Crippen molar-refractivity contribution in [3.05, 3.63) is 87.1 Å². The van der Waals surface area contributed by atoms with E-state index in [9.17, 15) is 23.2 Å². The van der Waals surface area contributed by atoms with Crippen molar-refractivity contribution < 1.29 is 32.2 Å². The standard InChI is InChI=1S/C29H27F3N2O5/c1-29(2,3)39-28(37)33-13-12-17-10-11-19(24(31)26(17)33)27(36)38-18-14-22(16-6-4-7-16)34(23(35)15-18)21-9-5-8-20(30)25(21)32/h5,8-11,14-16H,4,6-7,12-13H2,1-3H3. The maximum absolute atomic E-state index is 15.6. The van der Waals surface area contributed by atoms with Gasteiger partial charge in [-0.05, 0) is 69.7 Å². The molecule has 1 saturated carbocycles. The first-order valence-electron chi connectivity index (χ1n) is 12.7. The van der Waals surface area contributed by atoms with Crippen molar-refractivity contribution in [2.45, 2.75) is 58.0 Å². The number of halogens is 3. The highest BCUT2D eigenvalue weighted by Gasteiger charge is 2.34. The van der Waals surface area contributed by atoms with Gasteiger partial charge in [0.2, 0.25) is 0 Å². The molecule has 0 bridgehead atoms. The van der Waals surface area contributed by atoms with Crippen molar-refractivity contribution >= 4 is 17.7 Å². The maximum Gasteiger partial charge on any atom is 0.414 e. The van der Waals surface area contributed by atoms with Gasteiger partial charge < -0.3 is 9.47 Å². The van der Waals surface area contributed by atoms with Crippen molar-refractivity contribution in [1.82, 2.24) is 4.57 Å². The summed E-state index contributed by atoms with van der Waals surface area (Å²) in [7, 11) is 0. The van der Waals surface area contributed by atoms with E-state index in [1.165, 1.54) is 24.3 Å². The van der Waals surface area contributed by atoms with Crippen LogP contribution in [0.4, 0.5) is 23.7 Å². The molecule has 0 unspecified atom stereocenters. The molecule has 1 aliphatic carbocycles. The van der Waals surface area contributed by atoms with E-state index in [2.05, 4.69) is 0 Å². The Morgan fingerprint density at radius 2 is 1.74 bits per heavy atom. The van der Waals surface area contributed by atoms with Crippen LogP contribution in [-0.4, -0.2) is 28.8 Å². The molecule has 2 aliphatic rings. The van der Waals surface area contributed by atoms with Gasteiger partial charge in [-0.15, -0.1) is 0 Å². The summed E-state index contributed by atoms with van der Waals surface area (Å²) in [6, 6.07) is 8.77. The second-order valence-electron chi connectivity index (χ2n) is 10.7. The molecule has 7 nitrogen and oxygen atoms in total. The molecule has 1 aliphatic heterocycles. The van der Waals surface area contributed by atoms with E-state index in [1.54, 1.807) is 26.8 Å². The Kier molecular flexibility index (Phi) is 6.74. The SMILES string of the molecule is CC(C)(C)OC(=O)N1CCc2ccc(C(=O)Oc3cc(C4CCC4)n(-c4cccc(F)c4F)c(=O)c3)c(F)c21. The van der Waals surface area contributed by atoms with Gasteiger partial charge in [-0.2, -0.15) is 0 Å². The van der Waals surface area contributed by atoms with E-state index in [4.69, 9.17) is 9.47 Å². The lowest BCUT2D eigenvalue weighted by atomic mass is 9.82. The number of amides is 1. The second kappa shape index (κ2) is 9.91. The van der Waals surface area contributed by atoms with Crippen LogP contribution in [-0.2, 0) is 11.2 Å². The lowest BCUT2D eigenvalue weighted by Gasteiger charge is -2.29. The molecule has 2 aromatic carbocycles. The van der Waals surface area contributed by atoms with Crippen molar-refractivity contribution in [3.63, 3.8) is 0 Å². The predicted octanol–water partition coefficient (Wildman–Crippen LogP) is 6.04. The van der Waals surface area contributed by atoms with Crippen LogP contribution in [0, 0.1) is 17.5 Å². The minimum Gasteiger partial charge on any atom is -0.443 e. The van der Waals surface area contributed by atoms with Gasteiger partial charge in [0, 0.05) is 24.4 Å². The average Bonchev–Trinajstić information content (AvgIpc) is 3.25. The summed E-state index contributed by atoms with van der Waals surface area (Å²) in [6.07, 6.45) is 1.98. The summed E-state index contributed by atoms with van der Waals surface area (Å²) in [6.45, 7) is 5.28. The Hall–Kier alpha value is -4.08. The van der Waals surface area contributed by atoms with Crippen LogP contribution in [0.2, 0.25) is 0 Å². The van der Waals surface area contributed by atoms with Gasteiger partial charge in [0.15, 0.2) is 17.5 Å². The summed E-state index contributed by atoms with van der Waals surface area (Å²) in [5.41, 5.74) is -1.32. The fourth-order valence-corrected chi connectivity index (χ4v) is 4.81. The number of anilines is 1. The molecular formula is C29H27F3N2O5. The molecule has 1 amide bonds. The van der Waals surface area contributed by atoms with Crippen molar-refractivity contribution in [2.24, 2.45) is 0 Å². The molecule has 5 rings (SSSR count). The Labute approximate surface area is 222 Å². The van der Waals surface area contributed by atoms with Gasteiger partial charge in [-0.1, -0.05) is 18.6 Å². The smallest absolute Gasteiger partial charge is 0.414 e. The molecule has 39 heavy (non-hydrogen) atoms. The number of ether oxygens (including phenoxy) is 2. The van der Waals surface area contributed by atoms with Gasteiger partial charge in [0.25, 0.3) is 5.56 Å². The molecular weight excluding hydrogens is 513 g/mol. The zero-order valence-electron chi connectivity index (χ0n) is 21.7. The van der Waals surface area contributed by atoms with Crippen molar-refractivity contribution in [3.8, 4) is 11.4 Å². The Morgan fingerprint density at radius 1 is 1.00 bits per heavy atom. The minimum atomic E-state index is -1.17. The van der Waals surface area contributed by atoms with Crippen LogP contribution < -0.4 is 15.2 Å². The highest BCUT2D eigenvalue weighted by molar-refractivity contribution is 5.96. The average molecular weight is 541 g/mol. The van der Waals surface area contributed by atoms with E-state index < -0.39 is 46.2 Å². The third-order valence-corrected chi connectivity index (χ3v) is 6.85. The predicted molar refractivity (Wildman–Crippen MR) is 137 cm³/mol. The first kappa shape index (κ1) is 26.5. The molecule has 10 heteroatoms. The number of hydrogen-bond acceptors (Lipinski definition) is 5. The molecule has 2 heterocycles. The molecule has 0 N–H and O–H groups in total. The summed E-state index contributed by atoms with van der Waals surface area (Å²) in [5.74, 6) is -4.54. The summed E-state index contributed by atoms with van der Waals surface area (Å²) in [5, 5.41) is 0. The lowest BCUT2D eigenvalue weighted by Crippen LogP contribution is -2.36. The monoisotopic (exact) mass is 540 g/mol. The minimum absolute atomic E-state index is 0.0501. The third-order valence-electron chi connectivity index (χ3n) is 6.85. The van der Waals surface area contributed by atoms with E-state index in [0.717, 1.165) is 28.0 Å². The summed E-state index contributed by atoms with van der Waals surface area (Å²) >= 11 is 0. The summed E-state index contributed by atoms with van der Waals surface area (Å²) in [4.78, 5) is 39.9.